The first-order chi connectivity index (χ1) is 10.7. The lowest BCUT2D eigenvalue weighted by Gasteiger charge is -2.34. The molecule has 0 bridgehead atoms. The van der Waals surface area contributed by atoms with Crippen molar-refractivity contribution >= 4 is 17.3 Å². The molecule has 0 aliphatic carbocycles. The Labute approximate surface area is 128 Å². The summed E-state index contributed by atoms with van der Waals surface area (Å²) in [6.07, 6.45) is -0.125. The Morgan fingerprint density at radius 2 is 1.86 bits per heavy atom. The Bertz CT molecular complexity index is 670. The van der Waals surface area contributed by atoms with Gasteiger partial charge >= 0.3 is 0 Å². The van der Waals surface area contributed by atoms with Crippen LogP contribution in [-0.4, -0.2) is 30.3 Å². The zero-order chi connectivity index (χ0) is 15.5. The molecule has 114 valence electrons. The highest BCUT2D eigenvalue weighted by atomic mass is 16.5. The number of nitrogens with zero attached hydrogens (tertiary/aromatic N) is 1. The van der Waals surface area contributed by atoms with Crippen LogP contribution >= 0.6 is 0 Å². The molecule has 1 atom stereocenters. The number of anilines is 2. The van der Waals surface area contributed by atoms with Crippen LogP contribution in [0, 0.1) is 0 Å². The summed E-state index contributed by atoms with van der Waals surface area (Å²) >= 11 is 0. The number of nitrogen functional groups attached to an aromatic ring is 1. The Balaban J connectivity index is 1.87. The molecule has 1 amide bonds. The highest BCUT2D eigenvalue weighted by Gasteiger charge is 2.33. The third kappa shape index (κ3) is 2.76. The van der Waals surface area contributed by atoms with Gasteiger partial charge in [0.15, 0.2) is 6.10 Å². The van der Waals surface area contributed by atoms with Crippen molar-refractivity contribution in [1.82, 2.24) is 0 Å². The summed E-state index contributed by atoms with van der Waals surface area (Å²) in [5, 5.41) is 9.22. The third-order valence-corrected chi connectivity index (χ3v) is 3.69. The number of β-amino-alcohol motifs (C(OH)–C–C–N with tert-alkyl or cyclic N) is 1. The van der Waals surface area contributed by atoms with Crippen molar-refractivity contribution in [1.29, 1.82) is 0 Å². The van der Waals surface area contributed by atoms with Crippen molar-refractivity contribution in [3.63, 3.8) is 0 Å². The molecule has 0 radical (unpaired) electrons. The highest BCUT2D eigenvalue weighted by Crippen LogP contribution is 2.34. The molecule has 0 spiro atoms. The van der Waals surface area contributed by atoms with Crippen molar-refractivity contribution in [3.8, 4) is 5.75 Å². The van der Waals surface area contributed by atoms with E-state index in [1.54, 1.807) is 4.90 Å². The van der Waals surface area contributed by atoms with E-state index in [9.17, 15) is 9.90 Å². The topological polar surface area (TPSA) is 75.8 Å². The van der Waals surface area contributed by atoms with E-state index in [-0.39, 0.29) is 19.1 Å². The average Bonchev–Trinajstić information content (AvgIpc) is 2.53. The lowest BCUT2D eigenvalue weighted by Crippen LogP contribution is -2.48. The summed E-state index contributed by atoms with van der Waals surface area (Å²) in [6.45, 7) is 0.173. The number of aliphatic hydroxyl groups excluding tert-OH is 1. The molecule has 2 aromatic carbocycles. The van der Waals surface area contributed by atoms with Gasteiger partial charge in [-0.25, -0.2) is 0 Å². The lowest BCUT2D eigenvalue weighted by molar-refractivity contribution is -0.126. The quantitative estimate of drug-likeness (QED) is 0.841. The summed E-state index contributed by atoms with van der Waals surface area (Å²) in [5.41, 5.74) is 8.05. The zero-order valence-electron chi connectivity index (χ0n) is 12.1. The fourth-order valence-electron chi connectivity index (χ4n) is 2.60. The maximum Gasteiger partial charge on any atom is 0.268 e. The lowest BCUT2D eigenvalue weighted by atomic mass is 10.0. The predicted octanol–water partition coefficient (Wildman–Crippen LogP) is 1.60. The molecule has 22 heavy (non-hydrogen) atoms. The van der Waals surface area contributed by atoms with Crippen LogP contribution in [0.4, 0.5) is 11.4 Å². The monoisotopic (exact) mass is 298 g/mol. The van der Waals surface area contributed by atoms with Gasteiger partial charge in [-0.1, -0.05) is 24.3 Å². The fraction of sp³-hybridized carbons (Fsp3) is 0.235. The molecule has 5 heteroatoms. The maximum atomic E-state index is 12.6. The van der Waals surface area contributed by atoms with E-state index in [1.807, 2.05) is 48.5 Å². The zero-order valence-corrected chi connectivity index (χ0v) is 12.1. The number of para-hydroxylation sites is 2. The molecule has 5 nitrogen and oxygen atoms in total. The molecule has 1 heterocycles. The van der Waals surface area contributed by atoms with E-state index in [0.29, 0.717) is 23.5 Å². The Morgan fingerprint density at radius 3 is 2.59 bits per heavy atom. The van der Waals surface area contributed by atoms with E-state index in [4.69, 9.17) is 10.5 Å². The van der Waals surface area contributed by atoms with Crippen molar-refractivity contribution in [2.24, 2.45) is 0 Å². The summed E-state index contributed by atoms with van der Waals surface area (Å²) in [4.78, 5) is 14.2. The van der Waals surface area contributed by atoms with Gasteiger partial charge < -0.3 is 20.5 Å². The second-order valence-corrected chi connectivity index (χ2v) is 5.23. The number of hydrogen-bond donors (Lipinski definition) is 2. The molecule has 3 rings (SSSR count). The van der Waals surface area contributed by atoms with Gasteiger partial charge in [-0.15, -0.1) is 0 Å². The number of carbonyl (C=O) groups excluding carboxylic acids is 1. The van der Waals surface area contributed by atoms with Crippen molar-refractivity contribution < 1.29 is 14.6 Å². The van der Waals surface area contributed by atoms with Gasteiger partial charge in [-0.05, 0) is 29.8 Å². The number of rotatable bonds is 4. The summed E-state index contributed by atoms with van der Waals surface area (Å²) in [6, 6.07) is 14.8. The van der Waals surface area contributed by atoms with E-state index >= 15 is 0 Å². The molecule has 1 aliphatic heterocycles. The number of amides is 1. The number of carbonyl (C=O) groups is 1. The van der Waals surface area contributed by atoms with Crippen LogP contribution in [0.15, 0.2) is 48.5 Å². The van der Waals surface area contributed by atoms with Crippen LogP contribution in [0.1, 0.15) is 5.56 Å². The molecule has 0 saturated heterocycles. The molecule has 1 aliphatic rings. The minimum atomic E-state index is -0.593. The van der Waals surface area contributed by atoms with Gasteiger partial charge in [-0.2, -0.15) is 0 Å². The van der Waals surface area contributed by atoms with E-state index < -0.39 is 6.10 Å². The minimum Gasteiger partial charge on any atom is -0.478 e. The molecule has 0 aromatic heterocycles. The number of benzene rings is 2. The molecular formula is C17H18N2O3. The van der Waals surface area contributed by atoms with Gasteiger partial charge in [0.1, 0.15) is 5.75 Å². The number of hydrogen-bond acceptors (Lipinski definition) is 4. The second-order valence-electron chi connectivity index (χ2n) is 5.23. The third-order valence-electron chi connectivity index (χ3n) is 3.69. The van der Waals surface area contributed by atoms with Gasteiger partial charge in [0.05, 0.1) is 12.3 Å². The van der Waals surface area contributed by atoms with Crippen molar-refractivity contribution in [3.05, 3.63) is 54.1 Å². The Morgan fingerprint density at radius 1 is 1.14 bits per heavy atom. The van der Waals surface area contributed by atoms with Crippen molar-refractivity contribution in [2.75, 3.05) is 23.8 Å². The molecule has 0 fully saturated rings. The van der Waals surface area contributed by atoms with E-state index in [0.717, 1.165) is 5.56 Å². The number of nitrogens with two attached hydrogens (primary N) is 1. The summed E-state index contributed by atoms with van der Waals surface area (Å²) in [5.74, 6) is 0.528. The molecule has 1 unspecified atom stereocenters. The summed E-state index contributed by atoms with van der Waals surface area (Å²) < 4.78 is 5.85. The van der Waals surface area contributed by atoms with Crippen LogP contribution in [0.3, 0.4) is 0 Å². The first-order valence-electron chi connectivity index (χ1n) is 7.21. The van der Waals surface area contributed by atoms with E-state index in [2.05, 4.69) is 0 Å². The SMILES string of the molecule is Nc1ccc(CC2Oc3ccccc3N(CCO)C2=O)cc1. The first-order valence-corrected chi connectivity index (χ1v) is 7.21. The largest absolute Gasteiger partial charge is 0.478 e. The molecule has 2 aromatic rings. The predicted molar refractivity (Wildman–Crippen MR) is 84.9 cm³/mol. The Kier molecular flexibility index (Phi) is 3.98. The minimum absolute atomic E-state index is 0.0886. The van der Waals surface area contributed by atoms with Gasteiger partial charge in [-0.3, -0.25) is 4.79 Å². The molecule has 3 N–H and O–H groups in total. The van der Waals surface area contributed by atoms with Crippen LogP contribution < -0.4 is 15.4 Å². The average molecular weight is 298 g/mol. The van der Waals surface area contributed by atoms with Crippen LogP contribution in [0.5, 0.6) is 5.75 Å². The van der Waals surface area contributed by atoms with Crippen molar-refractivity contribution in [2.45, 2.75) is 12.5 Å². The molecule has 0 saturated carbocycles. The fourth-order valence-corrected chi connectivity index (χ4v) is 2.60. The van der Waals surface area contributed by atoms with Crippen LogP contribution in [0.2, 0.25) is 0 Å². The highest BCUT2D eigenvalue weighted by molar-refractivity contribution is 6.00. The van der Waals surface area contributed by atoms with Gasteiger partial charge in [0, 0.05) is 18.7 Å². The Hall–Kier alpha value is -2.53. The number of fused-ring (bicyclic) bond motifs is 1. The summed E-state index contributed by atoms with van der Waals surface area (Å²) in [7, 11) is 0. The number of ether oxygens (including phenoxy) is 1. The second kappa shape index (κ2) is 6.07. The normalized spacial score (nSPS) is 17.0. The standard InChI is InChI=1S/C17H18N2O3/c18-13-7-5-12(6-8-13)11-16-17(21)19(9-10-20)14-3-1-2-4-15(14)22-16/h1-8,16,20H,9-11,18H2. The first kappa shape index (κ1) is 14.4. The van der Waals surface area contributed by atoms with Gasteiger partial charge in [0.25, 0.3) is 5.91 Å². The van der Waals surface area contributed by atoms with Gasteiger partial charge in [0.2, 0.25) is 0 Å². The number of aliphatic hydroxyl groups is 1. The van der Waals surface area contributed by atoms with E-state index in [1.165, 1.54) is 0 Å². The van der Waals surface area contributed by atoms with Crippen LogP contribution in [0.25, 0.3) is 0 Å². The maximum absolute atomic E-state index is 12.6. The van der Waals surface area contributed by atoms with Crippen LogP contribution in [-0.2, 0) is 11.2 Å². The molecular weight excluding hydrogens is 280 g/mol. The smallest absolute Gasteiger partial charge is 0.268 e.